The molecular formula is C24H28ClNO2. The molecule has 3 nitrogen and oxygen atoms in total. The normalized spacial score (nSPS) is 11.4. The molecule has 0 bridgehead atoms. The first-order valence-electron chi connectivity index (χ1n) is 9.47. The molecule has 0 saturated heterocycles. The molecule has 0 heterocycles. The van der Waals surface area contributed by atoms with E-state index in [1.807, 2.05) is 43.3 Å². The Hall–Kier alpha value is -2.49. The van der Waals surface area contributed by atoms with Gasteiger partial charge in [0.15, 0.2) is 11.5 Å². The van der Waals surface area contributed by atoms with Gasteiger partial charge in [0.2, 0.25) is 0 Å². The van der Waals surface area contributed by atoms with Gasteiger partial charge in [-0.1, -0.05) is 72.8 Å². The minimum Gasteiger partial charge on any atom is -0.490 e. The van der Waals surface area contributed by atoms with E-state index in [9.17, 15) is 0 Å². The first-order valence-corrected chi connectivity index (χ1v) is 9.47. The lowest BCUT2D eigenvalue weighted by Crippen LogP contribution is -2.18. The second-order valence-corrected chi connectivity index (χ2v) is 6.46. The third kappa shape index (κ3) is 6.01. The number of rotatable bonds is 9. The smallest absolute Gasteiger partial charge is 0.166 e. The maximum atomic E-state index is 6.18. The Balaban J connectivity index is 0.00000280. The molecule has 28 heavy (non-hydrogen) atoms. The first-order chi connectivity index (χ1) is 13.3. The van der Waals surface area contributed by atoms with Crippen molar-refractivity contribution < 1.29 is 9.47 Å². The number of para-hydroxylation sites is 1. The van der Waals surface area contributed by atoms with Crippen LogP contribution in [0.25, 0.3) is 0 Å². The Bertz CT molecular complexity index is 825. The monoisotopic (exact) mass is 397 g/mol. The van der Waals surface area contributed by atoms with Crippen LogP contribution in [0, 0.1) is 0 Å². The van der Waals surface area contributed by atoms with Crippen molar-refractivity contribution >= 4 is 12.4 Å². The molecule has 0 aliphatic heterocycles. The molecule has 0 radical (unpaired) electrons. The molecule has 3 rings (SSSR count). The molecule has 3 aromatic carbocycles. The summed E-state index contributed by atoms with van der Waals surface area (Å²) in [4.78, 5) is 0. The zero-order chi connectivity index (χ0) is 18.9. The van der Waals surface area contributed by atoms with E-state index in [1.54, 1.807) is 0 Å². The lowest BCUT2D eigenvalue weighted by Gasteiger charge is -2.19. The highest BCUT2D eigenvalue weighted by Gasteiger charge is 2.13. The van der Waals surface area contributed by atoms with E-state index in [-0.39, 0.29) is 18.4 Å². The molecule has 0 amide bonds. The fraction of sp³-hybridized carbons (Fsp3) is 0.250. The van der Waals surface area contributed by atoms with Crippen molar-refractivity contribution in [2.45, 2.75) is 33.0 Å². The molecule has 1 atom stereocenters. The van der Waals surface area contributed by atoms with Crippen LogP contribution in [0.1, 0.15) is 36.6 Å². The van der Waals surface area contributed by atoms with Gasteiger partial charge in [-0.3, -0.25) is 0 Å². The van der Waals surface area contributed by atoms with Gasteiger partial charge in [0.05, 0.1) is 6.61 Å². The fourth-order valence-corrected chi connectivity index (χ4v) is 2.99. The number of hydrogen-bond acceptors (Lipinski definition) is 3. The average molecular weight is 398 g/mol. The van der Waals surface area contributed by atoms with E-state index in [4.69, 9.17) is 9.47 Å². The highest BCUT2D eigenvalue weighted by molar-refractivity contribution is 5.85. The van der Waals surface area contributed by atoms with Gasteiger partial charge in [-0.05, 0) is 31.0 Å². The van der Waals surface area contributed by atoms with E-state index in [0.29, 0.717) is 19.8 Å². The third-order valence-corrected chi connectivity index (χ3v) is 4.48. The lowest BCUT2D eigenvalue weighted by atomic mass is 10.1. The number of halogens is 1. The van der Waals surface area contributed by atoms with Crippen LogP contribution < -0.4 is 14.8 Å². The summed E-state index contributed by atoms with van der Waals surface area (Å²) in [6, 6.07) is 27.0. The lowest BCUT2D eigenvalue weighted by molar-refractivity contribution is 0.266. The van der Waals surface area contributed by atoms with Gasteiger partial charge < -0.3 is 14.8 Å². The summed E-state index contributed by atoms with van der Waals surface area (Å²) in [5.41, 5.74) is 3.50. The van der Waals surface area contributed by atoms with Crippen molar-refractivity contribution in [2.75, 3.05) is 6.61 Å². The molecule has 3 aromatic rings. The Morgan fingerprint density at radius 3 is 2.18 bits per heavy atom. The highest BCUT2D eigenvalue weighted by atomic mass is 35.5. The molecule has 0 aromatic heterocycles. The third-order valence-electron chi connectivity index (χ3n) is 4.48. The summed E-state index contributed by atoms with van der Waals surface area (Å²) in [6.45, 7) is 6.00. The SMILES string of the molecule is CCOc1cccc(CNC(C)c2ccccc2)c1OCc1ccccc1.Cl. The topological polar surface area (TPSA) is 30.5 Å². The van der Waals surface area contributed by atoms with Gasteiger partial charge in [0.1, 0.15) is 6.61 Å². The second-order valence-electron chi connectivity index (χ2n) is 6.46. The minimum atomic E-state index is 0. The highest BCUT2D eigenvalue weighted by Crippen LogP contribution is 2.32. The van der Waals surface area contributed by atoms with Crippen LogP contribution in [0.5, 0.6) is 11.5 Å². The molecule has 0 aliphatic carbocycles. The van der Waals surface area contributed by atoms with Crippen molar-refractivity contribution in [3.63, 3.8) is 0 Å². The van der Waals surface area contributed by atoms with Crippen molar-refractivity contribution in [2.24, 2.45) is 0 Å². The van der Waals surface area contributed by atoms with Crippen molar-refractivity contribution in [1.29, 1.82) is 0 Å². The Morgan fingerprint density at radius 1 is 0.821 bits per heavy atom. The van der Waals surface area contributed by atoms with E-state index in [2.05, 4.69) is 54.7 Å². The van der Waals surface area contributed by atoms with Crippen LogP contribution in [-0.4, -0.2) is 6.61 Å². The molecule has 148 valence electrons. The summed E-state index contributed by atoms with van der Waals surface area (Å²) < 4.78 is 12.0. The van der Waals surface area contributed by atoms with Gasteiger partial charge in [0, 0.05) is 18.2 Å². The number of hydrogen-bond donors (Lipinski definition) is 1. The maximum absolute atomic E-state index is 6.18. The molecule has 0 fully saturated rings. The molecule has 0 saturated carbocycles. The Kier molecular flexibility index (Phi) is 8.86. The minimum absolute atomic E-state index is 0. The summed E-state index contributed by atoms with van der Waals surface area (Å²) in [5, 5.41) is 3.59. The average Bonchev–Trinajstić information content (AvgIpc) is 2.73. The van der Waals surface area contributed by atoms with E-state index < -0.39 is 0 Å². The molecule has 4 heteroatoms. The summed E-state index contributed by atoms with van der Waals surface area (Å²) in [6.07, 6.45) is 0. The van der Waals surface area contributed by atoms with Crippen LogP contribution in [-0.2, 0) is 13.2 Å². The van der Waals surface area contributed by atoms with Crippen LogP contribution in [0.15, 0.2) is 78.9 Å². The van der Waals surface area contributed by atoms with Gasteiger partial charge in [-0.2, -0.15) is 0 Å². The van der Waals surface area contributed by atoms with Gasteiger partial charge in [-0.15, -0.1) is 12.4 Å². The molecule has 1 N–H and O–H groups in total. The first kappa shape index (κ1) is 21.8. The van der Waals surface area contributed by atoms with Gasteiger partial charge in [-0.25, -0.2) is 0 Å². The predicted octanol–water partition coefficient (Wildman–Crippen LogP) is 5.94. The van der Waals surface area contributed by atoms with Crippen molar-refractivity contribution in [3.8, 4) is 11.5 Å². The van der Waals surface area contributed by atoms with Gasteiger partial charge in [0.25, 0.3) is 0 Å². The largest absolute Gasteiger partial charge is 0.490 e. The van der Waals surface area contributed by atoms with Crippen LogP contribution in [0.4, 0.5) is 0 Å². The number of ether oxygens (including phenoxy) is 2. The Morgan fingerprint density at radius 2 is 1.50 bits per heavy atom. The zero-order valence-electron chi connectivity index (χ0n) is 16.4. The summed E-state index contributed by atoms with van der Waals surface area (Å²) >= 11 is 0. The van der Waals surface area contributed by atoms with E-state index >= 15 is 0 Å². The van der Waals surface area contributed by atoms with Gasteiger partial charge >= 0.3 is 0 Å². The van der Waals surface area contributed by atoms with E-state index in [1.165, 1.54) is 5.56 Å². The maximum Gasteiger partial charge on any atom is 0.166 e. The van der Waals surface area contributed by atoms with Crippen LogP contribution >= 0.6 is 12.4 Å². The van der Waals surface area contributed by atoms with Crippen molar-refractivity contribution in [1.82, 2.24) is 5.32 Å². The van der Waals surface area contributed by atoms with Crippen LogP contribution in [0.3, 0.4) is 0 Å². The number of benzene rings is 3. The molecule has 0 aliphatic rings. The second kappa shape index (κ2) is 11.4. The molecule has 1 unspecified atom stereocenters. The summed E-state index contributed by atoms with van der Waals surface area (Å²) in [7, 11) is 0. The van der Waals surface area contributed by atoms with E-state index in [0.717, 1.165) is 22.6 Å². The molecule has 0 spiro atoms. The van der Waals surface area contributed by atoms with Crippen LogP contribution in [0.2, 0.25) is 0 Å². The predicted molar refractivity (Wildman–Crippen MR) is 117 cm³/mol. The van der Waals surface area contributed by atoms with Crippen molar-refractivity contribution in [3.05, 3.63) is 95.6 Å². The standard InChI is InChI=1S/C24H27NO2.ClH/c1-3-26-23-16-10-15-22(17-25-19(2)21-13-8-5-9-14-21)24(23)27-18-20-11-6-4-7-12-20;/h4-16,19,25H,3,17-18H2,1-2H3;1H. The quantitative estimate of drug-likeness (QED) is 0.484. The Labute approximate surface area is 174 Å². The zero-order valence-corrected chi connectivity index (χ0v) is 17.2. The fourth-order valence-electron chi connectivity index (χ4n) is 2.99. The molecular weight excluding hydrogens is 370 g/mol. The number of nitrogens with one attached hydrogen (secondary N) is 1. The summed E-state index contributed by atoms with van der Waals surface area (Å²) in [5.74, 6) is 1.61.